The molecule has 0 aliphatic carbocycles. The molecule has 0 saturated heterocycles. The van der Waals surface area contributed by atoms with Gasteiger partial charge < -0.3 is 10.1 Å². The molecule has 0 amide bonds. The number of sulfonamides is 1. The fourth-order valence-electron chi connectivity index (χ4n) is 2.81. The molecular weight excluding hydrogens is 374 g/mol. The van der Waals surface area contributed by atoms with E-state index in [1.165, 1.54) is 17.8 Å². The van der Waals surface area contributed by atoms with Gasteiger partial charge in [0.15, 0.2) is 0 Å². The molecule has 0 radical (unpaired) electrons. The fourth-order valence-corrected chi connectivity index (χ4v) is 3.93. The second kappa shape index (κ2) is 8.31. The second-order valence-electron chi connectivity index (χ2n) is 6.51. The molecule has 0 bridgehead atoms. The summed E-state index contributed by atoms with van der Waals surface area (Å²) in [6.07, 6.45) is 1.49. The van der Waals surface area contributed by atoms with Gasteiger partial charge in [-0.3, -0.25) is 4.72 Å². The van der Waals surface area contributed by atoms with Gasteiger partial charge in [-0.05, 0) is 55.3 Å². The summed E-state index contributed by atoms with van der Waals surface area (Å²) in [6, 6.07) is 16.4. The van der Waals surface area contributed by atoms with Crippen molar-refractivity contribution < 1.29 is 13.2 Å². The molecule has 0 aliphatic rings. The zero-order chi connectivity index (χ0) is 20.1. The molecule has 0 spiro atoms. The Kier molecular flexibility index (Phi) is 5.84. The lowest BCUT2D eigenvalue weighted by molar-refractivity contribution is 0.411. The Morgan fingerprint density at radius 3 is 2.50 bits per heavy atom. The molecule has 2 N–H and O–H groups in total. The topological polar surface area (TPSA) is 80.3 Å². The number of ether oxygens (including phenoxy) is 1. The zero-order valence-corrected chi connectivity index (χ0v) is 16.9. The monoisotopic (exact) mass is 397 g/mol. The fraction of sp³-hybridized carbons (Fsp3) is 0.190. The number of pyridine rings is 1. The Balaban J connectivity index is 1.67. The molecule has 3 aromatic rings. The average Bonchev–Trinajstić information content (AvgIpc) is 2.67. The smallest absolute Gasteiger partial charge is 0.261 e. The highest BCUT2D eigenvalue weighted by atomic mass is 32.2. The molecule has 7 heteroatoms. The van der Waals surface area contributed by atoms with Crippen molar-refractivity contribution >= 4 is 21.5 Å². The van der Waals surface area contributed by atoms with Crippen LogP contribution in [-0.2, 0) is 16.6 Å². The molecule has 0 fully saturated rings. The predicted molar refractivity (Wildman–Crippen MR) is 111 cm³/mol. The molecule has 3 rings (SSSR count). The summed E-state index contributed by atoms with van der Waals surface area (Å²) >= 11 is 0. The number of aromatic nitrogens is 1. The second-order valence-corrected chi connectivity index (χ2v) is 8.19. The van der Waals surface area contributed by atoms with Crippen LogP contribution in [0.15, 0.2) is 65.7 Å². The highest BCUT2D eigenvalue weighted by molar-refractivity contribution is 7.92. The molecular formula is C21H23N3O3S. The van der Waals surface area contributed by atoms with E-state index in [-0.39, 0.29) is 4.90 Å². The normalized spacial score (nSPS) is 11.1. The molecule has 0 unspecified atom stereocenters. The Bertz CT molecular complexity index is 1060. The van der Waals surface area contributed by atoms with Gasteiger partial charge in [-0.15, -0.1) is 0 Å². The Hall–Kier alpha value is -3.06. The van der Waals surface area contributed by atoms with Crippen LogP contribution >= 0.6 is 0 Å². The number of hydrogen-bond donors (Lipinski definition) is 2. The van der Waals surface area contributed by atoms with Crippen molar-refractivity contribution in [3.8, 4) is 5.75 Å². The predicted octanol–water partition coefficient (Wildman–Crippen LogP) is 4.12. The highest BCUT2D eigenvalue weighted by Gasteiger charge is 2.16. The van der Waals surface area contributed by atoms with E-state index in [1.54, 1.807) is 38.3 Å². The average molecular weight is 398 g/mol. The van der Waals surface area contributed by atoms with Crippen molar-refractivity contribution in [2.75, 3.05) is 17.1 Å². The summed E-state index contributed by atoms with van der Waals surface area (Å²) in [5.74, 6) is 1.31. The Morgan fingerprint density at radius 1 is 1.04 bits per heavy atom. The molecule has 0 atom stereocenters. The van der Waals surface area contributed by atoms with Crippen LogP contribution in [0.3, 0.4) is 0 Å². The van der Waals surface area contributed by atoms with Crippen molar-refractivity contribution in [1.82, 2.24) is 4.98 Å². The first-order valence-electron chi connectivity index (χ1n) is 8.80. The van der Waals surface area contributed by atoms with Gasteiger partial charge in [-0.25, -0.2) is 13.4 Å². The summed E-state index contributed by atoms with van der Waals surface area (Å²) < 4.78 is 32.9. The van der Waals surface area contributed by atoms with Gasteiger partial charge in [0.2, 0.25) is 0 Å². The molecule has 1 aromatic heterocycles. The summed E-state index contributed by atoms with van der Waals surface area (Å²) in [7, 11) is -2.15. The van der Waals surface area contributed by atoms with Gasteiger partial charge in [-0.2, -0.15) is 0 Å². The zero-order valence-electron chi connectivity index (χ0n) is 16.1. The molecule has 6 nitrogen and oxygen atoms in total. The van der Waals surface area contributed by atoms with Crippen LogP contribution in [0.5, 0.6) is 5.75 Å². The number of aryl methyl sites for hydroxylation is 2. The first kappa shape index (κ1) is 19.7. The molecule has 28 heavy (non-hydrogen) atoms. The van der Waals surface area contributed by atoms with Gasteiger partial charge in [0.05, 0.1) is 23.9 Å². The van der Waals surface area contributed by atoms with E-state index in [1.807, 2.05) is 25.1 Å². The third-order valence-electron chi connectivity index (χ3n) is 4.25. The Labute approximate surface area is 165 Å². The standard InChI is InChI=1S/C21H23N3O3S/c1-15-5-4-6-17(11-15)13-22-21-10-7-18(14-23-21)24-28(25,26)19-8-9-20(27-3)16(2)12-19/h4-12,14,24H,13H2,1-3H3,(H,22,23). The summed E-state index contributed by atoms with van der Waals surface area (Å²) in [4.78, 5) is 4.45. The first-order chi connectivity index (χ1) is 13.4. The SMILES string of the molecule is COc1ccc(S(=O)(=O)Nc2ccc(NCc3cccc(C)c3)nc2)cc1C. The number of hydrogen-bond acceptors (Lipinski definition) is 5. The number of methoxy groups -OCH3 is 1. The minimum Gasteiger partial charge on any atom is -0.496 e. The van der Waals surface area contributed by atoms with E-state index >= 15 is 0 Å². The number of nitrogens with one attached hydrogen (secondary N) is 2. The molecule has 0 saturated carbocycles. The largest absolute Gasteiger partial charge is 0.496 e. The minimum atomic E-state index is -3.70. The Morgan fingerprint density at radius 2 is 1.86 bits per heavy atom. The van der Waals surface area contributed by atoms with Crippen molar-refractivity contribution in [3.05, 3.63) is 77.5 Å². The lowest BCUT2D eigenvalue weighted by Crippen LogP contribution is -2.13. The maximum atomic E-state index is 12.6. The number of anilines is 2. The van der Waals surface area contributed by atoms with Crippen LogP contribution in [-0.4, -0.2) is 20.5 Å². The summed E-state index contributed by atoms with van der Waals surface area (Å²) in [6.45, 7) is 4.49. The van der Waals surface area contributed by atoms with Crippen LogP contribution in [0, 0.1) is 13.8 Å². The van der Waals surface area contributed by atoms with Crippen molar-refractivity contribution in [2.45, 2.75) is 25.3 Å². The molecule has 146 valence electrons. The van der Waals surface area contributed by atoms with Crippen LogP contribution in [0.4, 0.5) is 11.5 Å². The van der Waals surface area contributed by atoms with Crippen molar-refractivity contribution in [2.24, 2.45) is 0 Å². The van der Waals surface area contributed by atoms with Crippen LogP contribution in [0.25, 0.3) is 0 Å². The molecule has 0 aliphatic heterocycles. The number of benzene rings is 2. The van der Waals surface area contributed by atoms with E-state index in [9.17, 15) is 8.42 Å². The van der Waals surface area contributed by atoms with Gasteiger partial charge in [-0.1, -0.05) is 29.8 Å². The maximum absolute atomic E-state index is 12.6. The van der Waals surface area contributed by atoms with Gasteiger partial charge in [0, 0.05) is 6.54 Å². The van der Waals surface area contributed by atoms with Gasteiger partial charge >= 0.3 is 0 Å². The minimum absolute atomic E-state index is 0.174. The lowest BCUT2D eigenvalue weighted by Gasteiger charge is -2.11. The van der Waals surface area contributed by atoms with Crippen LogP contribution in [0.2, 0.25) is 0 Å². The highest BCUT2D eigenvalue weighted by Crippen LogP contribution is 2.23. The van der Waals surface area contributed by atoms with Crippen molar-refractivity contribution in [1.29, 1.82) is 0 Å². The van der Waals surface area contributed by atoms with Gasteiger partial charge in [0.1, 0.15) is 11.6 Å². The first-order valence-corrected chi connectivity index (χ1v) is 10.3. The maximum Gasteiger partial charge on any atom is 0.261 e. The molecule has 1 heterocycles. The van der Waals surface area contributed by atoms with E-state index in [0.717, 1.165) is 11.1 Å². The van der Waals surface area contributed by atoms with Crippen LogP contribution in [0.1, 0.15) is 16.7 Å². The number of nitrogens with zero attached hydrogens (tertiary/aromatic N) is 1. The van der Waals surface area contributed by atoms with Crippen molar-refractivity contribution in [3.63, 3.8) is 0 Å². The third kappa shape index (κ3) is 4.80. The van der Waals surface area contributed by atoms with E-state index in [0.29, 0.717) is 23.8 Å². The lowest BCUT2D eigenvalue weighted by atomic mass is 10.1. The van der Waals surface area contributed by atoms with E-state index < -0.39 is 10.0 Å². The van der Waals surface area contributed by atoms with E-state index in [4.69, 9.17) is 4.74 Å². The van der Waals surface area contributed by atoms with E-state index in [2.05, 4.69) is 21.1 Å². The quantitative estimate of drug-likeness (QED) is 0.627. The third-order valence-corrected chi connectivity index (χ3v) is 5.63. The summed E-state index contributed by atoms with van der Waals surface area (Å²) in [5.41, 5.74) is 3.50. The summed E-state index contributed by atoms with van der Waals surface area (Å²) in [5, 5.41) is 3.23. The van der Waals surface area contributed by atoms with Crippen LogP contribution < -0.4 is 14.8 Å². The molecule has 2 aromatic carbocycles. The van der Waals surface area contributed by atoms with Gasteiger partial charge in [0.25, 0.3) is 10.0 Å². The number of rotatable bonds is 7.